The van der Waals surface area contributed by atoms with Crippen molar-refractivity contribution in [1.82, 2.24) is 14.5 Å². The first kappa shape index (κ1) is 14.7. The molecule has 2 fully saturated rings. The molecular weight excluding hydrogens is 286 g/mol. The van der Waals surface area contributed by atoms with Crippen molar-refractivity contribution < 1.29 is 4.79 Å². The summed E-state index contributed by atoms with van der Waals surface area (Å²) >= 11 is 0. The molecule has 0 bridgehead atoms. The number of para-hydroxylation sites is 2. The highest BCUT2D eigenvalue weighted by molar-refractivity contribution is 5.81. The number of imidazole rings is 1. The lowest BCUT2D eigenvalue weighted by Gasteiger charge is -2.16. The van der Waals surface area contributed by atoms with E-state index in [0.717, 1.165) is 24.4 Å². The maximum Gasteiger partial charge on any atom is 0.223 e. The summed E-state index contributed by atoms with van der Waals surface area (Å²) in [6.45, 7) is 4.11. The molecule has 4 rings (SSSR count). The van der Waals surface area contributed by atoms with Crippen molar-refractivity contribution in [3.63, 3.8) is 0 Å². The number of likely N-dealkylation sites (tertiary alicyclic amines) is 1. The topological polar surface area (TPSA) is 38.1 Å². The summed E-state index contributed by atoms with van der Waals surface area (Å²) in [7, 11) is 0. The third-order valence-corrected chi connectivity index (χ3v) is 5.18. The van der Waals surface area contributed by atoms with E-state index < -0.39 is 0 Å². The SMILES string of the molecule is CCCCCn1c(C2CC(=O)N(C3CC3)C2)nc2ccccc21. The highest BCUT2D eigenvalue weighted by Gasteiger charge is 2.41. The maximum absolute atomic E-state index is 12.3. The van der Waals surface area contributed by atoms with Crippen LogP contribution in [0.2, 0.25) is 0 Å². The molecule has 23 heavy (non-hydrogen) atoms. The molecule has 2 aliphatic rings. The van der Waals surface area contributed by atoms with Crippen LogP contribution in [0.1, 0.15) is 57.2 Å². The summed E-state index contributed by atoms with van der Waals surface area (Å²) in [5, 5.41) is 0. The van der Waals surface area contributed by atoms with Gasteiger partial charge in [0.05, 0.1) is 11.0 Å². The van der Waals surface area contributed by atoms with Crippen molar-refractivity contribution in [2.75, 3.05) is 6.54 Å². The van der Waals surface area contributed by atoms with Gasteiger partial charge in [0, 0.05) is 31.5 Å². The van der Waals surface area contributed by atoms with Crippen LogP contribution in [0.3, 0.4) is 0 Å². The van der Waals surface area contributed by atoms with Gasteiger partial charge in [0.2, 0.25) is 5.91 Å². The number of hydrogen-bond donors (Lipinski definition) is 0. The summed E-state index contributed by atoms with van der Waals surface area (Å²) in [6, 6.07) is 8.90. The Morgan fingerprint density at radius 3 is 2.83 bits per heavy atom. The minimum Gasteiger partial charge on any atom is -0.339 e. The Balaban J connectivity index is 1.65. The quantitative estimate of drug-likeness (QED) is 0.763. The molecule has 1 atom stereocenters. The second kappa shape index (κ2) is 5.99. The molecule has 4 heteroatoms. The minimum atomic E-state index is 0.261. The lowest BCUT2D eigenvalue weighted by atomic mass is 10.1. The number of benzene rings is 1. The summed E-state index contributed by atoms with van der Waals surface area (Å²) < 4.78 is 2.37. The standard InChI is InChI=1S/C19H25N3O/c1-2-3-6-11-21-17-8-5-4-7-16(17)20-19(21)14-12-18(23)22(13-14)15-9-10-15/h4-5,7-8,14-15H,2-3,6,9-13H2,1H3. The number of fused-ring (bicyclic) bond motifs is 1. The molecule has 1 unspecified atom stereocenters. The second-order valence-corrected chi connectivity index (χ2v) is 7.00. The zero-order chi connectivity index (χ0) is 15.8. The summed E-state index contributed by atoms with van der Waals surface area (Å²) in [5.41, 5.74) is 2.28. The third-order valence-electron chi connectivity index (χ3n) is 5.18. The van der Waals surface area contributed by atoms with Gasteiger partial charge in [-0.2, -0.15) is 0 Å². The van der Waals surface area contributed by atoms with Gasteiger partial charge >= 0.3 is 0 Å². The third kappa shape index (κ3) is 2.75. The van der Waals surface area contributed by atoms with Gasteiger partial charge in [0.1, 0.15) is 5.82 Å². The molecule has 1 aromatic carbocycles. The molecule has 1 saturated carbocycles. The van der Waals surface area contributed by atoms with E-state index in [-0.39, 0.29) is 5.92 Å². The first-order chi connectivity index (χ1) is 11.3. The van der Waals surface area contributed by atoms with Crippen LogP contribution in [0, 0.1) is 0 Å². The van der Waals surface area contributed by atoms with Crippen LogP contribution < -0.4 is 0 Å². The number of aryl methyl sites for hydroxylation is 1. The average molecular weight is 311 g/mol. The van der Waals surface area contributed by atoms with Crippen LogP contribution in [-0.4, -0.2) is 32.9 Å². The molecule has 1 aliphatic carbocycles. The fourth-order valence-electron chi connectivity index (χ4n) is 3.80. The van der Waals surface area contributed by atoms with Gasteiger partial charge in [-0.25, -0.2) is 4.98 Å². The largest absolute Gasteiger partial charge is 0.339 e. The van der Waals surface area contributed by atoms with E-state index in [4.69, 9.17) is 4.98 Å². The Morgan fingerprint density at radius 1 is 1.22 bits per heavy atom. The Labute approximate surface area is 137 Å². The molecule has 1 aromatic heterocycles. The molecule has 4 nitrogen and oxygen atoms in total. The van der Waals surface area contributed by atoms with Crippen LogP contribution in [0.4, 0.5) is 0 Å². The molecule has 1 aliphatic heterocycles. The van der Waals surface area contributed by atoms with Gasteiger partial charge in [-0.1, -0.05) is 31.9 Å². The molecule has 0 spiro atoms. The van der Waals surface area contributed by atoms with Crippen molar-refractivity contribution in [1.29, 1.82) is 0 Å². The number of rotatable bonds is 6. The van der Waals surface area contributed by atoms with Crippen molar-refractivity contribution in [3.05, 3.63) is 30.1 Å². The van der Waals surface area contributed by atoms with Crippen LogP contribution in [0.5, 0.6) is 0 Å². The summed E-state index contributed by atoms with van der Waals surface area (Å²) in [5.74, 6) is 1.71. The minimum absolute atomic E-state index is 0.261. The molecule has 0 N–H and O–H groups in total. The van der Waals surface area contributed by atoms with Gasteiger partial charge in [-0.05, 0) is 31.4 Å². The number of aromatic nitrogens is 2. The van der Waals surface area contributed by atoms with E-state index in [9.17, 15) is 4.79 Å². The number of unbranched alkanes of at least 4 members (excludes halogenated alkanes) is 2. The van der Waals surface area contributed by atoms with Crippen molar-refractivity contribution in [3.8, 4) is 0 Å². The van der Waals surface area contributed by atoms with Gasteiger partial charge < -0.3 is 9.47 Å². The van der Waals surface area contributed by atoms with Crippen LogP contribution in [-0.2, 0) is 11.3 Å². The Kier molecular flexibility index (Phi) is 3.83. The smallest absolute Gasteiger partial charge is 0.223 e. The van der Waals surface area contributed by atoms with Crippen LogP contribution in [0.25, 0.3) is 11.0 Å². The number of carbonyl (C=O) groups excluding carboxylic acids is 1. The molecule has 0 radical (unpaired) electrons. The molecule has 2 heterocycles. The number of amides is 1. The van der Waals surface area contributed by atoms with Crippen molar-refractivity contribution in [2.24, 2.45) is 0 Å². The maximum atomic E-state index is 12.3. The summed E-state index contributed by atoms with van der Waals surface area (Å²) in [6.07, 6.45) is 6.64. The molecule has 2 aromatic rings. The van der Waals surface area contributed by atoms with Gasteiger partial charge in [-0.3, -0.25) is 4.79 Å². The number of nitrogens with zero attached hydrogens (tertiary/aromatic N) is 3. The van der Waals surface area contributed by atoms with E-state index in [0.29, 0.717) is 18.4 Å². The van der Waals surface area contributed by atoms with Gasteiger partial charge in [-0.15, -0.1) is 0 Å². The lowest BCUT2D eigenvalue weighted by molar-refractivity contribution is -0.128. The van der Waals surface area contributed by atoms with Crippen molar-refractivity contribution >= 4 is 16.9 Å². The van der Waals surface area contributed by atoms with Gasteiger partial charge in [0.15, 0.2) is 0 Å². The van der Waals surface area contributed by atoms with Crippen LogP contribution >= 0.6 is 0 Å². The van der Waals surface area contributed by atoms with E-state index in [2.05, 4.69) is 34.6 Å². The lowest BCUT2D eigenvalue weighted by Crippen LogP contribution is -2.27. The normalized spacial score (nSPS) is 21.5. The van der Waals surface area contributed by atoms with E-state index >= 15 is 0 Å². The fraction of sp³-hybridized carbons (Fsp3) is 0.579. The van der Waals surface area contributed by atoms with E-state index in [1.165, 1.54) is 37.6 Å². The average Bonchev–Trinajstić information content (AvgIpc) is 3.23. The highest BCUT2D eigenvalue weighted by Crippen LogP contribution is 2.37. The fourth-order valence-corrected chi connectivity index (χ4v) is 3.80. The van der Waals surface area contributed by atoms with E-state index in [1.807, 2.05) is 6.07 Å². The van der Waals surface area contributed by atoms with E-state index in [1.54, 1.807) is 0 Å². The Morgan fingerprint density at radius 2 is 2.04 bits per heavy atom. The predicted octanol–water partition coefficient (Wildman–Crippen LogP) is 3.70. The first-order valence-electron chi connectivity index (χ1n) is 9.02. The molecule has 1 saturated heterocycles. The first-order valence-corrected chi connectivity index (χ1v) is 9.02. The zero-order valence-electron chi connectivity index (χ0n) is 13.9. The number of hydrogen-bond acceptors (Lipinski definition) is 2. The Bertz CT molecular complexity index is 716. The molecule has 1 amide bonds. The Hall–Kier alpha value is -1.84. The van der Waals surface area contributed by atoms with Crippen molar-refractivity contribution in [2.45, 2.75) is 64.0 Å². The summed E-state index contributed by atoms with van der Waals surface area (Å²) in [4.78, 5) is 19.3. The highest BCUT2D eigenvalue weighted by atomic mass is 16.2. The number of carbonyl (C=O) groups is 1. The molecular formula is C19H25N3O. The predicted molar refractivity (Wildman–Crippen MR) is 91.4 cm³/mol. The molecule has 122 valence electrons. The second-order valence-electron chi connectivity index (χ2n) is 7.00. The monoisotopic (exact) mass is 311 g/mol. The van der Waals surface area contributed by atoms with Crippen LogP contribution in [0.15, 0.2) is 24.3 Å². The van der Waals surface area contributed by atoms with Gasteiger partial charge in [0.25, 0.3) is 0 Å². The zero-order valence-corrected chi connectivity index (χ0v) is 13.9.